The van der Waals surface area contributed by atoms with E-state index in [-0.39, 0.29) is 24.0 Å². The van der Waals surface area contributed by atoms with E-state index in [1.54, 1.807) is 24.3 Å². The molecule has 1 aromatic heterocycles. The van der Waals surface area contributed by atoms with Gasteiger partial charge >= 0.3 is 0 Å². The molecule has 0 fully saturated rings. The number of aromatic nitrogens is 1. The van der Waals surface area contributed by atoms with E-state index in [9.17, 15) is 14.0 Å². The molecular formula is C22H20FN3O2. The Bertz CT molecular complexity index is 928. The van der Waals surface area contributed by atoms with Gasteiger partial charge < -0.3 is 10.6 Å². The quantitative estimate of drug-likeness (QED) is 0.692. The van der Waals surface area contributed by atoms with Gasteiger partial charge in [0.15, 0.2) is 0 Å². The first-order chi connectivity index (χ1) is 13.5. The van der Waals surface area contributed by atoms with Crippen molar-refractivity contribution < 1.29 is 14.0 Å². The van der Waals surface area contributed by atoms with Gasteiger partial charge in [-0.15, -0.1) is 0 Å². The van der Waals surface area contributed by atoms with Crippen LogP contribution in [0.1, 0.15) is 37.5 Å². The predicted molar refractivity (Wildman–Crippen MR) is 104 cm³/mol. The molecule has 5 nitrogen and oxygen atoms in total. The summed E-state index contributed by atoms with van der Waals surface area (Å²) in [6.45, 7) is 2.41. The van der Waals surface area contributed by atoms with Crippen LogP contribution in [0.2, 0.25) is 0 Å². The van der Waals surface area contributed by atoms with Gasteiger partial charge in [0.25, 0.3) is 11.8 Å². The summed E-state index contributed by atoms with van der Waals surface area (Å²) in [4.78, 5) is 28.7. The highest BCUT2D eigenvalue weighted by Gasteiger charge is 2.12. The lowest BCUT2D eigenvalue weighted by molar-refractivity contribution is 0.0945. The van der Waals surface area contributed by atoms with Gasteiger partial charge in [0.1, 0.15) is 11.5 Å². The summed E-state index contributed by atoms with van der Waals surface area (Å²) in [6.07, 6.45) is 1.40. The maximum Gasteiger partial charge on any atom is 0.270 e. The van der Waals surface area contributed by atoms with Gasteiger partial charge in [-0.2, -0.15) is 0 Å². The van der Waals surface area contributed by atoms with E-state index in [4.69, 9.17) is 0 Å². The van der Waals surface area contributed by atoms with Gasteiger partial charge in [-0.05, 0) is 36.2 Å². The van der Waals surface area contributed by atoms with Crippen LogP contribution in [-0.2, 0) is 13.1 Å². The van der Waals surface area contributed by atoms with E-state index in [0.29, 0.717) is 17.7 Å². The van der Waals surface area contributed by atoms with Crippen LogP contribution in [0.4, 0.5) is 4.39 Å². The standard InChI is InChI=1S/C22H20FN3O2/c1-15-6-2-3-7-17(15)13-25-21(27)16-10-11-24-20(12-16)22(28)26-14-18-8-4-5-9-19(18)23/h2-12H,13-14H2,1H3,(H,25,27)(H,26,28). The molecule has 2 amide bonds. The van der Waals surface area contributed by atoms with Crippen LogP contribution in [-0.4, -0.2) is 16.8 Å². The number of benzene rings is 2. The molecule has 0 atom stereocenters. The SMILES string of the molecule is Cc1ccccc1CNC(=O)c1ccnc(C(=O)NCc2ccccc2F)c1. The molecule has 3 rings (SSSR count). The van der Waals surface area contributed by atoms with Crippen LogP contribution < -0.4 is 10.6 Å². The van der Waals surface area contributed by atoms with E-state index in [0.717, 1.165) is 11.1 Å². The molecule has 0 unspecified atom stereocenters. The molecule has 2 N–H and O–H groups in total. The van der Waals surface area contributed by atoms with Gasteiger partial charge in [-0.1, -0.05) is 42.5 Å². The molecule has 6 heteroatoms. The second-order valence-corrected chi connectivity index (χ2v) is 6.31. The fourth-order valence-corrected chi connectivity index (χ4v) is 2.69. The molecule has 0 saturated carbocycles. The average molecular weight is 377 g/mol. The summed E-state index contributed by atoms with van der Waals surface area (Å²) in [5, 5.41) is 5.45. The van der Waals surface area contributed by atoms with Crippen molar-refractivity contribution in [1.82, 2.24) is 15.6 Å². The molecule has 0 aliphatic rings. The molecule has 142 valence electrons. The molecule has 0 bridgehead atoms. The maximum atomic E-state index is 13.6. The van der Waals surface area contributed by atoms with Crippen molar-refractivity contribution in [3.8, 4) is 0 Å². The number of halogens is 1. The monoisotopic (exact) mass is 377 g/mol. The van der Waals surface area contributed by atoms with Crippen molar-refractivity contribution >= 4 is 11.8 Å². The summed E-state index contributed by atoms with van der Waals surface area (Å²) in [5.74, 6) is -1.16. The number of aryl methyl sites for hydroxylation is 1. The minimum Gasteiger partial charge on any atom is -0.348 e. The van der Waals surface area contributed by atoms with Crippen LogP contribution in [0.25, 0.3) is 0 Å². The Balaban J connectivity index is 1.62. The second-order valence-electron chi connectivity index (χ2n) is 6.31. The van der Waals surface area contributed by atoms with E-state index >= 15 is 0 Å². The molecular weight excluding hydrogens is 357 g/mol. The lowest BCUT2D eigenvalue weighted by Gasteiger charge is -2.09. The van der Waals surface area contributed by atoms with Crippen LogP contribution in [0.3, 0.4) is 0 Å². The number of carbonyl (C=O) groups excluding carboxylic acids is 2. The number of hydrogen-bond donors (Lipinski definition) is 2. The molecule has 3 aromatic rings. The lowest BCUT2D eigenvalue weighted by atomic mass is 10.1. The van der Waals surface area contributed by atoms with Gasteiger partial charge in [0.2, 0.25) is 0 Å². The third-order valence-electron chi connectivity index (χ3n) is 4.35. The molecule has 0 aliphatic carbocycles. The predicted octanol–water partition coefficient (Wildman–Crippen LogP) is 3.39. The lowest BCUT2D eigenvalue weighted by Crippen LogP contribution is -2.26. The van der Waals surface area contributed by atoms with Crippen LogP contribution in [0.15, 0.2) is 66.9 Å². The van der Waals surface area contributed by atoms with Gasteiger partial charge in [0.05, 0.1) is 0 Å². The Hall–Kier alpha value is -3.54. The summed E-state index contributed by atoms with van der Waals surface area (Å²) in [5.41, 5.74) is 2.92. The Morgan fingerprint density at radius 3 is 2.29 bits per heavy atom. The van der Waals surface area contributed by atoms with Crippen molar-refractivity contribution in [3.05, 3.63) is 101 Å². The Kier molecular flexibility index (Phi) is 6.11. The number of hydrogen-bond acceptors (Lipinski definition) is 3. The zero-order valence-electron chi connectivity index (χ0n) is 15.4. The average Bonchev–Trinajstić information content (AvgIpc) is 2.72. The molecule has 0 radical (unpaired) electrons. The van der Waals surface area contributed by atoms with Crippen LogP contribution in [0, 0.1) is 12.7 Å². The van der Waals surface area contributed by atoms with Crippen molar-refractivity contribution in [2.75, 3.05) is 0 Å². The number of nitrogens with one attached hydrogen (secondary N) is 2. The highest BCUT2D eigenvalue weighted by Crippen LogP contribution is 2.09. The zero-order valence-corrected chi connectivity index (χ0v) is 15.4. The summed E-state index contributed by atoms with van der Waals surface area (Å²) >= 11 is 0. The Morgan fingerprint density at radius 2 is 1.54 bits per heavy atom. The third kappa shape index (κ3) is 4.79. The van der Waals surface area contributed by atoms with E-state index < -0.39 is 5.91 Å². The first kappa shape index (κ1) is 19.2. The van der Waals surface area contributed by atoms with Crippen LogP contribution in [0.5, 0.6) is 0 Å². The first-order valence-corrected chi connectivity index (χ1v) is 8.85. The molecule has 0 aliphatic heterocycles. The maximum absolute atomic E-state index is 13.6. The fraction of sp³-hybridized carbons (Fsp3) is 0.136. The molecule has 0 spiro atoms. The molecule has 0 saturated heterocycles. The number of carbonyl (C=O) groups is 2. The number of amides is 2. The van der Waals surface area contributed by atoms with Crippen molar-refractivity contribution in [1.29, 1.82) is 0 Å². The van der Waals surface area contributed by atoms with Crippen molar-refractivity contribution in [2.45, 2.75) is 20.0 Å². The van der Waals surface area contributed by atoms with E-state index in [2.05, 4.69) is 15.6 Å². The summed E-state index contributed by atoms with van der Waals surface area (Å²) < 4.78 is 13.6. The minimum absolute atomic E-state index is 0.0386. The Labute approximate surface area is 162 Å². The van der Waals surface area contributed by atoms with E-state index in [1.807, 2.05) is 31.2 Å². The smallest absolute Gasteiger partial charge is 0.270 e. The third-order valence-corrected chi connectivity index (χ3v) is 4.35. The molecule has 1 heterocycles. The van der Waals surface area contributed by atoms with Gasteiger partial charge in [-0.3, -0.25) is 14.6 Å². The largest absolute Gasteiger partial charge is 0.348 e. The minimum atomic E-state index is -0.475. The van der Waals surface area contributed by atoms with E-state index in [1.165, 1.54) is 18.3 Å². The number of nitrogens with zero attached hydrogens (tertiary/aromatic N) is 1. The second kappa shape index (κ2) is 8.90. The van der Waals surface area contributed by atoms with Crippen molar-refractivity contribution in [2.24, 2.45) is 0 Å². The Morgan fingerprint density at radius 1 is 0.893 bits per heavy atom. The van der Waals surface area contributed by atoms with Gasteiger partial charge in [0, 0.05) is 30.4 Å². The number of rotatable bonds is 6. The molecule has 28 heavy (non-hydrogen) atoms. The summed E-state index contributed by atoms with van der Waals surface area (Å²) in [6, 6.07) is 17.0. The number of pyridine rings is 1. The molecule has 2 aromatic carbocycles. The normalized spacial score (nSPS) is 10.4. The van der Waals surface area contributed by atoms with Gasteiger partial charge in [-0.25, -0.2) is 4.39 Å². The topological polar surface area (TPSA) is 71.1 Å². The highest BCUT2D eigenvalue weighted by atomic mass is 19.1. The van der Waals surface area contributed by atoms with Crippen LogP contribution >= 0.6 is 0 Å². The zero-order chi connectivity index (χ0) is 19.9. The first-order valence-electron chi connectivity index (χ1n) is 8.85. The highest BCUT2D eigenvalue weighted by molar-refractivity contribution is 5.98. The van der Waals surface area contributed by atoms with Crippen molar-refractivity contribution in [3.63, 3.8) is 0 Å². The fourth-order valence-electron chi connectivity index (χ4n) is 2.69. The summed E-state index contributed by atoms with van der Waals surface area (Å²) in [7, 11) is 0.